The molecular weight excluding hydrogens is 256 g/mol. The summed E-state index contributed by atoms with van der Waals surface area (Å²) in [5.74, 6) is 1.36. The van der Waals surface area contributed by atoms with Crippen molar-refractivity contribution < 1.29 is 4.74 Å². The Labute approximate surface area is 121 Å². The zero-order valence-electron chi connectivity index (χ0n) is 12.9. The van der Waals surface area contributed by atoms with Crippen LogP contribution in [0.25, 0.3) is 0 Å². The van der Waals surface area contributed by atoms with E-state index in [0.717, 1.165) is 30.2 Å². The van der Waals surface area contributed by atoms with E-state index in [1.807, 2.05) is 0 Å². The SMILES string of the molecule is CC(C)CNCc1nc(COC(C)CC(C)C)cs1. The molecule has 0 saturated carbocycles. The molecule has 0 aliphatic carbocycles. The first-order valence-electron chi connectivity index (χ1n) is 7.23. The van der Waals surface area contributed by atoms with Crippen molar-refractivity contribution in [1.29, 1.82) is 0 Å². The van der Waals surface area contributed by atoms with Crippen LogP contribution in [0.2, 0.25) is 0 Å². The number of thiazole rings is 1. The monoisotopic (exact) mass is 284 g/mol. The van der Waals surface area contributed by atoms with E-state index in [-0.39, 0.29) is 0 Å². The summed E-state index contributed by atoms with van der Waals surface area (Å²) < 4.78 is 5.82. The maximum atomic E-state index is 5.82. The number of hydrogen-bond donors (Lipinski definition) is 1. The molecule has 0 saturated heterocycles. The Hall–Kier alpha value is -0.450. The number of rotatable bonds is 9. The summed E-state index contributed by atoms with van der Waals surface area (Å²) in [4.78, 5) is 4.59. The fourth-order valence-electron chi connectivity index (χ4n) is 1.92. The van der Waals surface area contributed by atoms with Crippen molar-refractivity contribution in [1.82, 2.24) is 10.3 Å². The highest BCUT2D eigenvalue weighted by atomic mass is 32.1. The first-order valence-corrected chi connectivity index (χ1v) is 8.11. The van der Waals surface area contributed by atoms with Crippen LogP contribution in [0, 0.1) is 11.8 Å². The van der Waals surface area contributed by atoms with Crippen LogP contribution in [0.4, 0.5) is 0 Å². The van der Waals surface area contributed by atoms with Crippen molar-refractivity contribution in [3.8, 4) is 0 Å². The Balaban J connectivity index is 2.26. The summed E-state index contributed by atoms with van der Waals surface area (Å²) >= 11 is 1.71. The molecule has 0 fully saturated rings. The van der Waals surface area contributed by atoms with Crippen molar-refractivity contribution in [2.75, 3.05) is 6.54 Å². The predicted molar refractivity (Wildman–Crippen MR) is 82.4 cm³/mol. The van der Waals surface area contributed by atoms with Gasteiger partial charge in [0.25, 0.3) is 0 Å². The van der Waals surface area contributed by atoms with Crippen molar-refractivity contribution in [3.05, 3.63) is 16.1 Å². The molecule has 1 heterocycles. The normalized spacial score (nSPS) is 13.4. The zero-order chi connectivity index (χ0) is 14.3. The number of ether oxygens (including phenoxy) is 1. The van der Waals surface area contributed by atoms with Gasteiger partial charge in [-0.15, -0.1) is 11.3 Å². The average Bonchev–Trinajstić information content (AvgIpc) is 2.73. The van der Waals surface area contributed by atoms with E-state index in [0.29, 0.717) is 24.5 Å². The largest absolute Gasteiger partial charge is 0.372 e. The summed E-state index contributed by atoms with van der Waals surface area (Å²) in [5, 5.41) is 6.67. The van der Waals surface area contributed by atoms with Crippen LogP contribution in [0.3, 0.4) is 0 Å². The molecule has 0 spiro atoms. The summed E-state index contributed by atoms with van der Waals surface area (Å²) in [7, 11) is 0. The second kappa shape index (κ2) is 8.67. The van der Waals surface area contributed by atoms with Crippen LogP contribution >= 0.6 is 11.3 Å². The topological polar surface area (TPSA) is 34.2 Å². The molecule has 1 aromatic rings. The van der Waals surface area contributed by atoms with Crippen LogP contribution in [0.5, 0.6) is 0 Å². The number of nitrogens with one attached hydrogen (secondary N) is 1. The summed E-state index contributed by atoms with van der Waals surface area (Å²) in [6.07, 6.45) is 1.41. The molecule has 0 aromatic carbocycles. The molecule has 1 aromatic heterocycles. The fourth-order valence-corrected chi connectivity index (χ4v) is 2.67. The van der Waals surface area contributed by atoms with Gasteiger partial charge in [-0.3, -0.25) is 0 Å². The predicted octanol–water partition coefficient (Wildman–Crippen LogP) is 3.84. The molecule has 0 bridgehead atoms. The number of aromatic nitrogens is 1. The summed E-state index contributed by atoms with van der Waals surface area (Å²) in [5.41, 5.74) is 1.06. The third-order valence-electron chi connectivity index (χ3n) is 2.75. The molecule has 110 valence electrons. The molecule has 0 aliphatic heterocycles. The van der Waals surface area contributed by atoms with Gasteiger partial charge in [0.15, 0.2) is 0 Å². The van der Waals surface area contributed by atoms with Gasteiger partial charge in [-0.05, 0) is 31.7 Å². The van der Waals surface area contributed by atoms with Gasteiger partial charge in [0.2, 0.25) is 0 Å². The molecule has 19 heavy (non-hydrogen) atoms. The highest BCUT2D eigenvalue weighted by Crippen LogP contribution is 2.13. The van der Waals surface area contributed by atoms with Gasteiger partial charge in [-0.1, -0.05) is 27.7 Å². The minimum Gasteiger partial charge on any atom is -0.372 e. The van der Waals surface area contributed by atoms with Crippen LogP contribution in [-0.2, 0) is 17.9 Å². The highest BCUT2D eigenvalue weighted by Gasteiger charge is 2.07. The van der Waals surface area contributed by atoms with E-state index in [1.165, 1.54) is 0 Å². The van der Waals surface area contributed by atoms with Crippen molar-refractivity contribution >= 4 is 11.3 Å². The molecule has 1 N–H and O–H groups in total. The quantitative estimate of drug-likeness (QED) is 0.748. The minimum atomic E-state index is 0.309. The van der Waals surface area contributed by atoms with E-state index in [9.17, 15) is 0 Å². The second-order valence-corrected chi connectivity index (χ2v) is 6.95. The molecule has 4 heteroatoms. The summed E-state index contributed by atoms with van der Waals surface area (Å²) in [6.45, 7) is 13.5. The molecule has 1 atom stereocenters. The molecule has 1 unspecified atom stereocenters. The van der Waals surface area contributed by atoms with Gasteiger partial charge in [0.1, 0.15) is 5.01 Å². The first kappa shape index (κ1) is 16.6. The van der Waals surface area contributed by atoms with Crippen LogP contribution in [0.1, 0.15) is 51.7 Å². The first-order chi connectivity index (χ1) is 8.97. The minimum absolute atomic E-state index is 0.309. The number of nitrogens with zero attached hydrogens (tertiary/aromatic N) is 1. The van der Waals surface area contributed by atoms with Crippen molar-refractivity contribution in [2.24, 2.45) is 11.8 Å². The zero-order valence-corrected chi connectivity index (χ0v) is 13.7. The van der Waals surface area contributed by atoms with Crippen LogP contribution in [-0.4, -0.2) is 17.6 Å². The van der Waals surface area contributed by atoms with Crippen LogP contribution < -0.4 is 5.32 Å². The third kappa shape index (κ3) is 7.65. The maximum absolute atomic E-state index is 5.82. The average molecular weight is 284 g/mol. The lowest BCUT2D eigenvalue weighted by Crippen LogP contribution is -2.18. The highest BCUT2D eigenvalue weighted by molar-refractivity contribution is 7.09. The Bertz CT molecular complexity index is 350. The van der Waals surface area contributed by atoms with E-state index in [2.05, 4.69) is 50.3 Å². The smallest absolute Gasteiger partial charge is 0.107 e. The maximum Gasteiger partial charge on any atom is 0.107 e. The van der Waals surface area contributed by atoms with E-state index in [4.69, 9.17) is 4.74 Å². The van der Waals surface area contributed by atoms with E-state index < -0.39 is 0 Å². The van der Waals surface area contributed by atoms with Gasteiger partial charge in [0.05, 0.1) is 18.4 Å². The van der Waals surface area contributed by atoms with Gasteiger partial charge < -0.3 is 10.1 Å². The molecule has 0 amide bonds. The van der Waals surface area contributed by atoms with Gasteiger partial charge in [-0.2, -0.15) is 0 Å². The summed E-state index contributed by atoms with van der Waals surface area (Å²) in [6, 6.07) is 0. The Morgan fingerprint density at radius 2 is 1.95 bits per heavy atom. The molecule has 0 aliphatic rings. The lowest BCUT2D eigenvalue weighted by molar-refractivity contribution is 0.0381. The lowest BCUT2D eigenvalue weighted by Gasteiger charge is -2.14. The van der Waals surface area contributed by atoms with Crippen molar-refractivity contribution in [3.63, 3.8) is 0 Å². The second-order valence-electron chi connectivity index (χ2n) is 6.01. The molecular formula is C15H28N2OS. The fraction of sp³-hybridized carbons (Fsp3) is 0.800. The van der Waals surface area contributed by atoms with Gasteiger partial charge in [-0.25, -0.2) is 4.98 Å². The number of hydrogen-bond acceptors (Lipinski definition) is 4. The van der Waals surface area contributed by atoms with Gasteiger partial charge >= 0.3 is 0 Å². The Morgan fingerprint density at radius 1 is 1.21 bits per heavy atom. The van der Waals surface area contributed by atoms with Gasteiger partial charge in [0, 0.05) is 11.9 Å². The Kier molecular flexibility index (Phi) is 7.57. The van der Waals surface area contributed by atoms with E-state index >= 15 is 0 Å². The molecule has 1 rings (SSSR count). The standard InChI is InChI=1S/C15H28N2OS/c1-11(2)6-13(5)18-9-14-10-19-15(17-14)8-16-7-12(3)4/h10-13,16H,6-9H2,1-5H3. The van der Waals surface area contributed by atoms with E-state index in [1.54, 1.807) is 11.3 Å². The van der Waals surface area contributed by atoms with Crippen molar-refractivity contribution in [2.45, 2.75) is 60.3 Å². The Morgan fingerprint density at radius 3 is 2.58 bits per heavy atom. The molecule has 0 radical (unpaired) electrons. The lowest BCUT2D eigenvalue weighted by atomic mass is 10.1. The van der Waals surface area contributed by atoms with Crippen LogP contribution in [0.15, 0.2) is 5.38 Å². The third-order valence-corrected chi connectivity index (χ3v) is 3.64. The molecule has 3 nitrogen and oxygen atoms in total.